The van der Waals surface area contributed by atoms with Crippen molar-refractivity contribution in [3.8, 4) is 6.07 Å². The number of nitriles is 1. The van der Waals surface area contributed by atoms with Crippen molar-refractivity contribution in [3.63, 3.8) is 0 Å². The monoisotopic (exact) mass is 287 g/mol. The molecule has 0 fully saturated rings. The van der Waals surface area contributed by atoms with Gasteiger partial charge in [0.1, 0.15) is 12.4 Å². The van der Waals surface area contributed by atoms with E-state index in [1.807, 2.05) is 6.07 Å². The molecule has 0 radical (unpaired) electrons. The summed E-state index contributed by atoms with van der Waals surface area (Å²) in [4.78, 5) is 4.09. The van der Waals surface area contributed by atoms with Gasteiger partial charge in [-0.2, -0.15) is 18.4 Å². The number of fused-ring (bicyclic) bond motifs is 1. The van der Waals surface area contributed by atoms with Crippen LogP contribution in [-0.4, -0.2) is 15.7 Å². The van der Waals surface area contributed by atoms with Crippen molar-refractivity contribution in [2.75, 3.05) is 0 Å². The Balaban J connectivity index is 2.67. The van der Waals surface area contributed by atoms with Gasteiger partial charge in [0.25, 0.3) is 0 Å². The number of aromatic nitrogens is 2. The molecule has 0 saturated carbocycles. The van der Waals surface area contributed by atoms with Crippen LogP contribution in [-0.2, 0) is 6.54 Å². The molecule has 0 saturated heterocycles. The lowest BCUT2D eigenvalue weighted by atomic mass is 10.2. The summed E-state index contributed by atoms with van der Waals surface area (Å²) < 4.78 is 38.9. The topological polar surface area (TPSA) is 41.6 Å². The maximum Gasteiger partial charge on any atom is 0.406 e. The third kappa shape index (κ3) is 2.82. The lowest BCUT2D eigenvalue weighted by Gasteiger charge is -2.12. The summed E-state index contributed by atoms with van der Waals surface area (Å²) in [6, 6.07) is 6.31. The van der Waals surface area contributed by atoms with Crippen LogP contribution in [0.2, 0.25) is 0 Å². The van der Waals surface area contributed by atoms with Crippen LogP contribution < -0.4 is 0 Å². The second kappa shape index (κ2) is 4.74. The summed E-state index contributed by atoms with van der Waals surface area (Å²) in [5.41, 5.74) is 0.939. The van der Waals surface area contributed by atoms with Crippen molar-refractivity contribution in [1.29, 1.82) is 5.26 Å². The highest BCUT2D eigenvalue weighted by Gasteiger charge is 2.31. The van der Waals surface area contributed by atoms with Crippen LogP contribution in [0.25, 0.3) is 11.0 Å². The average Bonchev–Trinajstić information content (AvgIpc) is 2.65. The smallest absolute Gasteiger partial charge is 0.317 e. The Kier molecular flexibility index (Phi) is 3.42. The Hall–Kier alpha value is -1.74. The van der Waals surface area contributed by atoms with Gasteiger partial charge in [-0.05, 0) is 25.1 Å². The number of nitrogens with zero attached hydrogens (tertiary/aromatic N) is 3. The highest BCUT2D eigenvalue weighted by atomic mass is 35.5. The van der Waals surface area contributed by atoms with Gasteiger partial charge in [0.05, 0.1) is 28.0 Å². The van der Waals surface area contributed by atoms with E-state index in [4.69, 9.17) is 16.9 Å². The van der Waals surface area contributed by atoms with Gasteiger partial charge in [0, 0.05) is 0 Å². The minimum atomic E-state index is -4.38. The molecule has 1 heterocycles. The van der Waals surface area contributed by atoms with Gasteiger partial charge >= 0.3 is 6.18 Å². The van der Waals surface area contributed by atoms with E-state index in [9.17, 15) is 13.2 Å². The fraction of sp³-hybridized carbons (Fsp3) is 0.333. The molecule has 3 nitrogen and oxygen atoms in total. The Morgan fingerprint density at radius 1 is 1.47 bits per heavy atom. The second-order valence-corrected chi connectivity index (χ2v) is 4.76. The van der Waals surface area contributed by atoms with E-state index in [1.165, 1.54) is 18.2 Å². The molecular weight excluding hydrogens is 279 g/mol. The summed E-state index contributed by atoms with van der Waals surface area (Å²) in [6.07, 6.45) is -4.38. The second-order valence-electron chi connectivity index (χ2n) is 4.10. The zero-order valence-corrected chi connectivity index (χ0v) is 10.6. The first-order valence-electron chi connectivity index (χ1n) is 5.43. The number of alkyl halides is 4. The summed E-state index contributed by atoms with van der Waals surface area (Å²) in [5, 5.41) is 8.16. The zero-order valence-electron chi connectivity index (χ0n) is 9.87. The molecule has 0 spiro atoms. The lowest BCUT2D eigenvalue weighted by molar-refractivity contribution is -0.140. The maximum atomic E-state index is 12.6. The molecular formula is C12H9ClF3N3. The Morgan fingerprint density at radius 3 is 2.68 bits per heavy atom. The zero-order chi connectivity index (χ0) is 14.2. The molecule has 2 aromatic rings. The summed E-state index contributed by atoms with van der Waals surface area (Å²) >= 11 is 5.87. The fourth-order valence-electron chi connectivity index (χ4n) is 1.86. The maximum absolute atomic E-state index is 12.6. The average molecular weight is 288 g/mol. The molecule has 100 valence electrons. The highest BCUT2D eigenvalue weighted by molar-refractivity contribution is 6.20. The molecule has 1 atom stereocenters. The molecule has 1 unspecified atom stereocenters. The third-order valence-electron chi connectivity index (χ3n) is 2.60. The molecule has 0 aliphatic rings. The Bertz CT molecular complexity index is 653. The number of rotatable bonds is 2. The summed E-state index contributed by atoms with van der Waals surface area (Å²) in [5.74, 6) is 0.143. The molecule has 0 aliphatic carbocycles. The standard InChI is InChI=1S/C12H9ClF3N3/c1-7(13)11-18-9-3-2-8(5-17)4-10(9)19(11)6-12(14,15)16/h2-4,7H,6H2,1H3. The van der Waals surface area contributed by atoms with Gasteiger partial charge in [-0.1, -0.05) is 0 Å². The number of hydrogen-bond donors (Lipinski definition) is 0. The molecule has 0 amide bonds. The predicted molar refractivity (Wildman–Crippen MR) is 64.8 cm³/mol. The van der Waals surface area contributed by atoms with E-state index in [1.54, 1.807) is 6.92 Å². The Morgan fingerprint density at radius 2 is 2.16 bits per heavy atom. The molecule has 19 heavy (non-hydrogen) atoms. The van der Waals surface area contributed by atoms with Gasteiger partial charge in [-0.25, -0.2) is 4.98 Å². The van der Waals surface area contributed by atoms with E-state index in [0.717, 1.165) is 4.57 Å². The van der Waals surface area contributed by atoms with Crippen LogP contribution in [0.4, 0.5) is 13.2 Å². The molecule has 0 N–H and O–H groups in total. The van der Waals surface area contributed by atoms with Crippen molar-refractivity contribution in [3.05, 3.63) is 29.6 Å². The predicted octanol–water partition coefficient (Wildman–Crippen LogP) is 3.77. The first-order valence-corrected chi connectivity index (χ1v) is 5.86. The quantitative estimate of drug-likeness (QED) is 0.789. The first-order chi connectivity index (χ1) is 8.81. The molecule has 1 aromatic heterocycles. The number of imidazole rings is 1. The molecule has 7 heteroatoms. The van der Waals surface area contributed by atoms with Crippen LogP contribution >= 0.6 is 11.6 Å². The van der Waals surface area contributed by atoms with E-state index in [-0.39, 0.29) is 16.9 Å². The van der Waals surface area contributed by atoms with Gasteiger partial charge in [-0.3, -0.25) is 0 Å². The molecule has 0 aliphatic heterocycles. The van der Waals surface area contributed by atoms with Crippen molar-refractivity contribution >= 4 is 22.6 Å². The summed E-state index contributed by atoms with van der Waals surface area (Å²) in [7, 11) is 0. The van der Waals surface area contributed by atoms with E-state index in [0.29, 0.717) is 5.52 Å². The highest BCUT2D eigenvalue weighted by Crippen LogP contribution is 2.28. The fourth-order valence-corrected chi connectivity index (χ4v) is 2.03. The van der Waals surface area contributed by atoms with Crippen molar-refractivity contribution in [2.24, 2.45) is 0 Å². The van der Waals surface area contributed by atoms with Gasteiger partial charge in [-0.15, -0.1) is 11.6 Å². The Labute approximate surface area is 112 Å². The number of benzene rings is 1. The lowest BCUT2D eigenvalue weighted by Crippen LogP contribution is -2.19. The van der Waals surface area contributed by atoms with E-state index < -0.39 is 18.1 Å². The van der Waals surface area contributed by atoms with Crippen molar-refractivity contribution < 1.29 is 13.2 Å². The van der Waals surface area contributed by atoms with Crippen LogP contribution in [0, 0.1) is 11.3 Å². The van der Waals surface area contributed by atoms with Gasteiger partial charge in [0.2, 0.25) is 0 Å². The molecule has 2 rings (SSSR count). The van der Waals surface area contributed by atoms with Gasteiger partial charge < -0.3 is 4.57 Å². The molecule has 1 aromatic carbocycles. The van der Waals surface area contributed by atoms with E-state index in [2.05, 4.69) is 4.98 Å². The van der Waals surface area contributed by atoms with Gasteiger partial charge in [0.15, 0.2) is 0 Å². The largest absolute Gasteiger partial charge is 0.406 e. The van der Waals surface area contributed by atoms with Crippen LogP contribution in [0.1, 0.15) is 23.7 Å². The van der Waals surface area contributed by atoms with E-state index >= 15 is 0 Å². The van der Waals surface area contributed by atoms with Crippen LogP contribution in [0.15, 0.2) is 18.2 Å². The normalized spacial score (nSPS) is 13.5. The van der Waals surface area contributed by atoms with Crippen molar-refractivity contribution in [2.45, 2.75) is 25.0 Å². The minimum absolute atomic E-state index is 0.143. The molecule has 0 bridgehead atoms. The van der Waals surface area contributed by atoms with Crippen molar-refractivity contribution in [1.82, 2.24) is 9.55 Å². The number of halogens is 4. The number of hydrogen-bond acceptors (Lipinski definition) is 2. The first kappa shape index (κ1) is 13.7. The minimum Gasteiger partial charge on any atom is -0.317 e. The van der Waals surface area contributed by atoms with Crippen LogP contribution in [0.5, 0.6) is 0 Å². The summed E-state index contributed by atoms with van der Waals surface area (Å²) in [6.45, 7) is 0.381. The third-order valence-corrected chi connectivity index (χ3v) is 2.80. The van der Waals surface area contributed by atoms with Crippen LogP contribution in [0.3, 0.4) is 0 Å². The SMILES string of the molecule is CC(Cl)c1nc2ccc(C#N)cc2n1CC(F)(F)F.